The van der Waals surface area contributed by atoms with E-state index in [1.807, 2.05) is 6.92 Å². The average molecular weight is 323 g/mol. The molecule has 1 aromatic carbocycles. The van der Waals surface area contributed by atoms with Gasteiger partial charge >= 0.3 is 0 Å². The number of benzene rings is 1. The highest BCUT2D eigenvalue weighted by Crippen LogP contribution is 2.28. The van der Waals surface area contributed by atoms with E-state index < -0.39 is 4.92 Å². The number of nitrogens with zero attached hydrogens (tertiary/aromatic N) is 3. The molecule has 0 saturated heterocycles. The van der Waals surface area contributed by atoms with Crippen molar-refractivity contribution in [1.82, 2.24) is 9.97 Å². The summed E-state index contributed by atoms with van der Waals surface area (Å²) in [6.45, 7) is 2.24. The minimum absolute atomic E-state index is 0.0226. The van der Waals surface area contributed by atoms with Crippen molar-refractivity contribution in [1.29, 1.82) is 0 Å². The third-order valence-electron chi connectivity index (χ3n) is 2.45. The maximum Gasteiger partial charge on any atom is 0.293 e. The Hall–Kier alpha value is -2.02. The minimum atomic E-state index is -0.423. The van der Waals surface area contributed by atoms with Crippen molar-refractivity contribution in [3.05, 3.63) is 56.6 Å². The van der Waals surface area contributed by atoms with Crippen LogP contribution in [-0.2, 0) is 6.54 Å². The lowest BCUT2D eigenvalue weighted by Gasteiger charge is -2.07. The van der Waals surface area contributed by atoms with Gasteiger partial charge < -0.3 is 5.32 Å². The zero-order valence-electron chi connectivity index (χ0n) is 10.1. The first-order chi connectivity index (χ1) is 9.06. The fourth-order valence-electron chi connectivity index (χ4n) is 1.50. The number of anilines is 1. The molecule has 0 spiro atoms. The first-order valence-electron chi connectivity index (χ1n) is 5.51. The van der Waals surface area contributed by atoms with E-state index in [9.17, 15) is 10.1 Å². The molecule has 0 bridgehead atoms. The lowest BCUT2D eigenvalue weighted by Crippen LogP contribution is -2.04. The normalized spacial score (nSPS) is 10.2. The van der Waals surface area contributed by atoms with Crippen LogP contribution in [0, 0.1) is 17.0 Å². The highest BCUT2D eigenvalue weighted by Gasteiger charge is 2.13. The number of nitro benzene ring substituents is 1. The summed E-state index contributed by atoms with van der Waals surface area (Å²) in [5, 5.41) is 13.9. The molecule has 2 rings (SSSR count). The summed E-state index contributed by atoms with van der Waals surface area (Å²) in [5.74, 6) is 0. The smallest absolute Gasteiger partial charge is 0.293 e. The number of nitrogens with one attached hydrogen (secondary N) is 1. The number of hydrogen-bond acceptors (Lipinski definition) is 5. The zero-order chi connectivity index (χ0) is 13.8. The molecule has 0 saturated carbocycles. The Morgan fingerprint density at radius 2 is 2.16 bits per heavy atom. The number of aryl methyl sites for hydroxylation is 1. The van der Waals surface area contributed by atoms with Gasteiger partial charge in [-0.2, -0.15) is 0 Å². The molecular formula is C12H11BrN4O2. The quantitative estimate of drug-likeness (QED) is 0.691. The van der Waals surface area contributed by atoms with Gasteiger partial charge in [-0.05, 0) is 19.1 Å². The molecule has 7 heteroatoms. The first-order valence-corrected chi connectivity index (χ1v) is 6.31. The zero-order valence-corrected chi connectivity index (χ0v) is 11.7. The molecule has 98 valence electrons. The Labute approximate surface area is 118 Å². The molecule has 6 nitrogen and oxygen atoms in total. The van der Waals surface area contributed by atoms with E-state index >= 15 is 0 Å². The van der Waals surface area contributed by atoms with Gasteiger partial charge in [-0.25, -0.2) is 0 Å². The lowest BCUT2D eigenvalue weighted by atomic mass is 10.2. The fourth-order valence-corrected chi connectivity index (χ4v) is 1.85. The SMILES string of the molecule is Cc1cnc(CNc2ccc(Br)cc2[N+](=O)[O-])cn1. The Morgan fingerprint density at radius 3 is 2.79 bits per heavy atom. The summed E-state index contributed by atoms with van der Waals surface area (Å²) in [7, 11) is 0. The maximum atomic E-state index is 10.9. The lowest BCUT2D eigenvalue weighted by molar-refractivity contribution is -0.384. The molecule has 0 amide bonds. The highest BCUT2D eigenvalue weighted by atomic mass is 79.9. The second kappa shape index (κ2) is 5.75. The van der Waals surface area contributed by atoms with Gasteiger partial charge in [-0.1, -0.05) is 15.9 Å². The van der Waals surface area contributed by atoms with E-state index in [1.54, 1.807) is 24.5 Å². The van der Waals surface area contributed by atoms with Crippen molar-refractivity contribution < 1.29 is 4.92 Å². The highest BCUT2D eigenvalue weighted by molar-refractivity contribution is 9.10. The summed E-state index contributed by atoms with van der Waals surface area (Å²) in [6, 6.07) is 4.86. The number of halogens is 1. The molecule has 0 atom stereocenters. The standard InChI is InChI=1S/C12H11BrN4O2/c1-8-5-15-10(6-14-8)7-16-11-3-2-9(13)4-12(11)17(18)19/h2-6,16H,7H2,1H3. The van der Waals surface area contributed by atoms with Crippen molar-refractivity contribution in [3.63, 3.8) is 0 Å². The van der Waals surface area contributed by atoms with Crippen LogP contribution in [0.1, 0.15) is 11.4 Å². The van der Waals surface area contributed by atoms with Gasteiger partial charge in [0.05, 0.1) is 29.1 Å². The monoisotopic (exact) mass is 322 g/mol. The Morgan fingerprint density at radius 1 is 1.37 bits per heavy atom. The van der Waals surface area contributed by atoms with Crippen molar-refractivity contribution in [2.45, 2.75) is 13.5 Å². The summed E-state index contributed by atoms with van der Waals surface area (Å²) in [5.41, 5.74) is 2.03. The summed E-state index contributed by atoms with van der Waals surface area (Å²) in [4.78, 5) is 18.8. The number of aromatic nitrogens is 2. The topological polar surface area (TPSA) is 81.0 Å². The predicted molar refractivity (Wildman–Crippen MR) is 74.9 cm³/mol. The van der Waals surface area contributed by atoms with Crippen molar-refractivity contribution >= 4 is 27.3 Å². The largest absolute Gasteiger partial charge is 0.374 e. The number of nitro groups is 1. The second-order valence-corrected chi connectivity index (χ2v) is 4.84. The Kier molecular flexibility index (Phi) is 4.06. The van der Waals surface area contributed by atoms with Crippen LogP contribution in [0.2, 0.25) is 0 Å². The molecule has 1 N–H and O–H groups in total. The van der Waals surface area contributed by atoms with Crippen LogP contribution in [0.4, 0.5) is 11.4 Å². The summed E-state index contributed by atoms with van der Waals surface area (Å²) in [6.07, 6.45) is 3.31. The fraction of sp³-hybridized carbons (Fsp3) is 0.167. The van der Waals surface area contributed by atoms with E-state index in [2.05, 4.69) is 31.2 Å². The van der Waals surface area contributed by atoms with Gasteiger partial charge in [-0.3, -0.25) is 20.1 Å². The van der Waals surface area contributed by atoms with Crippen LogP contribution in [0.5, 0.6) is 0 Å². The molecule has 0 aliphatic heterocycles. The van der Waals surface area contributed by atoms with Crippen LogP contribution < -0.4 is 5.32 Å². The molecule has 0 aliphatic rings. The van der Waals surface area contributed by atoms with Gasteiger partial charge in [0.2, 0.25) is 0 Å². The second-order valence-electron chi connectivity index (χ2n) is 3.92. The number of rotatable bonds is 4. The van der Waals surface area contributed by atoms with Gasteiger partial charge in [-0.15, -0.1) is 0 Å². The average Bonchev–Trinajstić information content (AvgIpc) is 2.39. The summed E-state index contributed by atoms with van der Waals surface area (Å²) < 4.78 is 0.667. The van der Waals surface area contributed by atoms with E-state index in [4.69, 9.17) is 0 Å². The molecule has 0 radical (unpaired) electrons. The van der Waals surface area contributed by atoms with Crippen molar-refractivity contribution in [2.75, 3.05) is 5.32 Å². The minimum Gasteiger partial charge on any atom is -0.374 e. The predicted octanol–water partition coefficient (Wildman–Crippen LogP) is 3.07. The van der Waals surface area contributed by atoms with Crippen LogP contribution in [0.25, 0.3) is 0 Å². The third-order valence-corrected chi connectivity index (χ3v) is 2.94. The van der Waals surface area contributed by atoms with Crippen LogP contribution >= 0.6 is 15.9 Å². The van der Waals surface area contributed by atoms with E-state index in [-0.39, 0.29) is 5.69 Å². The molecule has 2 aromatic rings. The van der Waals surface area contributed by atoms with E-state index in [0.717, 1.165) is 11.4 Å². The maximum absolute atomic E-state index is 10.9. The number of hydrogen-bond donors (Lipinski definition) is 1. The molecule has 1 heterocycles. The van der Waals surface area contributed by atoms with Gasteiger partial charge in [0.25, 0.3) is 5.69 Å². The van der Waals surface area contributed by atoms with Crippen LogP contribution in [0.15, 0.2) is 35.1 Å². The van der Waals surface area contributed by atoms with E-state index in [1.165, 1.54) is 6.07 Å². The molecular weight excluding hydrogens is 312 g/mol. The molecule has 0 fully saturated rings. The van der Waals surface area contributed by atoms with Gasteiger partial charge in [0.15, 0.2) is 0 Å². The first kappa shape index (κ1) is 13.4. The van der Waals surface area contributed by atoms with Gasteiger partial charge in [0, 0.05) is 16.7 Å². The van der Waals surface area contributed by atoms with Crippen molar-refractivity contribution in [3.8, 4) is 0 Å². The van der Waals surface area contributed by atoms with Crippen LogP contribution in [0.3, 0.4) is 0 Å². The summed E-state index contributed by atoms with van der Waals surface area (Å²) >= 11 is 3.21. The molecule has 0 aliphatic carbocycles. The van der Waals surface area contributed by atoms with E-state index in [0.29, 0.717) is 16.7 Å². The third kappa shape index (κ3) is 3.47. The molecule has 19 heavy (non-hydrogen) atoms. The molecule has 0 unspecified atom stereocenters. The van der Waals surface area contributed by atoms with Crippen molar-refractivity contribution in [2.24, 2.45) is 0 Å². The molecule has 1 aromatic heterocycles. The Balaban J connectivity index is 2.15. The van der Waals surface area contributed by atoms with Crippen LogP contribution in [-0.4, -0.2) is 14.9 Å². The van der Waals surface area contributed by atoms with Gasteiger partial charge in [0.1, 0.15) is 5.69 Å². The Bertz CT molecular complexity index is 601.